The average molecular weight is 138 g/mol. The number of allylic oxidation sites excluding steroid dienone is 4. The first-order valence-corrected chi connectivity index (χ1v) is 3.66. The maximum absolute atomic E-state index is 5.21. The molecule has 0 atom stereocenters. The van der Waals surface area contributed by atoms with E-state index in [4.69, 9.17) is 4.74 Å². The first-order valence-electron chi connectivity index (χ1n) is 3.66. The molecule has 0 amide bonds. The molecule has 1 nitrogen and oxygen atoms in total. The van der Waals surface area contributed by atoms with Gasteiger partial charge in [0.25, 0.3) is 0 Å². The molecule has 0 saturated carbocycles. The largest absolute Gasteiger partial charge is 0.501 e. The summed E-state index contributed by atoms with van der Waals surface area (Å²) < 4.78 is 5.21. The van der Waals surface area contributed by atoms with Crippen molar-refractivity contribution in [2.45, 2.75) is 26.7 Å². The highest BCUT2D eigenvalue weighted by molar-refractivity contribution is 5.32. The predicted octanol–water partition coefficient (Wildman–Crippen LogP) is 2.65. The van der Waals surface area contributed by atoms with Crippen LogP contribution in [0.3, 0.4) is 0 Å². The molecule has 0 fully saturated rings. The molecule has 56 valence electrons. The normalized spacial score (nSPS) is 18.9. The van der Waals surface area contributed by atoms with Gasteiger partial charge in [0.05, 0.1) is 12.9 Å². The van der Waals surface area contributed by atoms with Gasteiger partial charge in [-0.3, -0.25) is 0 Å². The number of ether oxygens (including phenoxy) is 1. The summed E-state index contributed by atoms with van der Waals surface area (Å²) in [6.45, 7) is 4.25. The van der Waals surface area contributed by atoms with Crippen molar-refractivity contribution in [1.82, 2.24) is 0 Å². The summed E-state index contributed by atoms with van der Waals surface area (Å²) in [5.74, 6) is 1.15. The van der Waals surface area contributed by atoms with Gasteiger partial charge in [-0.1, -0.05) is 6.08 Å². The second-order valence-electron chi connectivity index (χ2n) is 2.68. The number of rotatable bonds is 1. The summed E-state index contributed by atoms with van der Waals surface area (Å²) in [7, 11) is 1.75. The Balaban J connectivity index is 2.85. The zero-order valence-corrected chi connectivity index (χ0v) is 6.90. The lowest BCUT2D eigenvalue weighted by Gasteiger charge is -2.15. The van der Waals surface area contributed by atoms with E-state index in [2.05, 4.69) is 19.9 Å². The molecule has 1 aliphatic rings. The van der Waals surface area contributed by atoms with Crippen LogP contribution in [0.1, 0.15) is 26.7 Å². The number of hydrogen-bond acceptors (Lipinski definition) is 1. The molecule has 0 aromatic rings. The highest BCUT2D eigenvalue weighted by atomic mass is 16.5. The molecular formula is C9H14O. The quantitative estimate of drug-likeness (QED) is 0.541. The maximum atomic E-state index is 5.21. The first kappa shape index (κ1) is 7.39. The third-order valence-corrected chi connectivity index (χ3v) is 2.08. The molecule has 10 heavy (non-hydrogen) atoms. The molecule has 1 rings (SSSR count). The van der Waals surface area contributed by atoms with Crippen molar-refractivity contribution >= 4 is 0 Å². The Morgan fingerprint density at radius 3 is 2.60 bits per heavy atom. The van der Waals surface area contributed by atoms with E-state index in [1.165, 1.54) is 11.1 Å². The van der Waals surface area contributed by atoms with E-state index < -0.39 is 0 Å². The van der Waals surface area contributed by atoms with Gasteiger partial charge in [0.15, 0.2) is 0 Å². The third-order valence-electron chi connectivity index (χ3n) is 2.08. The van der Waals surface area contributed by atoms with Crippen LogP contribution in [0.15, 0.2) is 23.0 Å². The van der Waals surface area contributed by atoms with Gasteiger partial charge in [0, 0.05) is 6.42 Å². The average Bonchev–Trinajstić information content (AvgIpc) is 1.95. The molecule has 0 aromatic heterocycles. The van der Waals surface area contributed by atoms with Crippen LogP contribution in [0.25, 0.3) is 0 Å². The Labute approximate surface area is 62.4 Å². The number of methoxy groups -OCH3 is 1. The molecule has 1 heteroatoms. The summed E-state index contributed by atoms with van der Waals surface area (Å²) in [6, 6.07) is 0. The molecule has 1 aliphatic carbocycles. The second-order valence-corrected chi connectivity index (χ2v) is 2.68. The van der Waals surface area contributed by atoms with E-state index in [-0.39, 0.29) is 0 Å². The van der Waals surface area contributed by atoms with Crippen LogP contribution in [0.5, 0.6) is 0 Å². The van der Waals surface area contributed by atoms with Crippen molar-refractivity contribution in [3.63, 3.8) is 0 Å². The van der Waals surface area contributed by atoms with E-state index in [0.717, 1.165) is 18.6 Å². The number of hydrogen-bond donors (Lipinski definition) is 0. The van der Waals surface area contributed by atoms with Crippen molar-refractivity contribution in [2.24, 2.45) is 0 Å². The van der Waals surface area contributed by atoms with Crippen LogP contribution in [0.4, 0.5) is 0 Å². The fourth-order valence-electron chi connectivity index (χ4n) is 1.24. The van der Waals surface area contributed by atoms with E-state index in [9.17, 15) is 0 Å². The highest BCUT2D eigenvalue weighted by Crippen LogP contribution is 2.24. The van der Waals surface area contributed by atoms with Gasteiger partial charge in [0.1, 0.15) is 0 Å². The van der Waals surface area contributed by atoms with Gasteiger partial charge in [-0.25, -0.2) is 0 Å². The Bertz CT molecular complexity index is 187. The van der Waals surface area contributed by atoms with E-state index in [1.54, 1.807) is 7.11 Å². The SMILES string of the molecule is COC1=C(C)C(C)=CCC1. The van der Waals surface area contributed by atoms with Gasteiger partial charge in [-0.05, 0) is 31.4 Å². The Morgan fingerprint density at radius 2 is 2.10 bits per heavy atom. The lowest BCUT2D eigenvalue weighted by atomic mass is 9.99. The maximum Gasteiger partial charge on any atom is 0.0990 e. The summed E-state index contributed by atoms with van der Waals surface area (Å²) in [6.07, 6.45) is 4.46. The third kappa shape index (κ3) is 1.23. The molecule has 0 N–H and O–H groups in total. The molecule has 0 saturated heterocycles. The van der Waals surface area contributed by atoms with Crippen LogP contribution in [-0.4, -0.2) is 7.11 Å². The molecular weight excluding hydrogens is 124 g/mol. The molecule has 0 aromatic carbocycles. The van der Waals surface area contributed by atoms with Gasteiger partial charge in [0.2, 0.25) is 0 Å². The van der Waals surface area contributed by atoms with Gasteiger partial charge < -0.3 is 4.74 Å². The van der Waals surface area contributed by atoms with Crippen molar-refractivity contribution in [1.29, 1.82) is 0 Å². The minimum Gasteiger partial charge on any atom is -0.501 e. The van der Waals surface area contributed by atoms with E-state index in [0.29, 0.717) is 0 Å². The molecule has 0 bridgehead atoms. The van der Waals surface area contributed by atoms with Crippen molar-refractivity contribution in [2.75, 3.05) is 7.11 Å². The fourth-order valence-corrected chi connectivity index (χ4v) is 1.24. The van der Waals surface area contributed by atoms with Crippen LogP contribution in [0.2, 0.25) is 0 Å². The summed E-state index contributed by atoms with van der Waals surface area (Å²) in [4.78, 5) is 0. The molecule has 0 radical (unpaired) electrons. The summed E-state index contributed by atoms with van der Waals surface area (Å²) in [5.41, 5.74) is 2.68. The van der Waals surface area contributed by atoms with Crippen molar-refractivity contribution < 1.29 is 4.74 Å². The molecule has 0 unspecified atom stereocenters. The summed E-state index contributed by atoms with van der Waals surface area (Å²) >= 11 is 0. The lowest BCUT2D eigenvalue weighted by Crippen LogP contribution is -1.98. The van der Waals surface area contributed by atoms with Gasteiger partial charge in [-0.15, -0.1) is 0 Å². The Hall–Kier alpha value is -0.720. The summed E-state index contributed by atoms with van der Waals surface area (Å²) in [5, 5.41) is 0. The van der Waals surface area contributed by atoms with Gasteiger partial charge in [-0.2, -0.15) is 0 Å². The van der Waals surface area contributed by atoms with E-state index in [1.807, 2.05) is 0 Å². The Morgan fingerprint density at radius 1 is 1.40 bits per heavy atom. The van der Waals surface area contributed by atoms with Crippen LogP contribution < -0.4 is 0 Å². The second kappa shape index (κ2) is 2.91. The van der Waals surface area contributed by atoms with Crippen LogP contribution >= 0.6 is 0 Å². The zero-order chi connectivity index (χ0) is 7.56. The predicted molar refractivity (Wildman–Crippen MR) is 42.7 cm³/mol. The van der Waals surface area contributed by atoms with Crippen molar-refractivity contribution in [3.8, 4) is 0 Å². The first-order chi connectivity index (χ1) is 4.75. The Kier molecular flexibility index (Phi) is 2.15. The van der Waals surface area contributed by atoms with Crippen molar-refractivity contribution in [3.05, 3.63) is 23.0 Å². The fraction of sp³-hybridized carbons (Fsp3) is 0.556. The van der Waals surface area contributed by atoms with Crippen LogP contribution in [-0.2, 0) is 4.74 Å². The highest BCUT2D eigenvalue weighted by Gasteiger charge is 2.07. The lowest BCUT2D eigenvalue weighted by molar-refractivity contribution is 0.272. The topological polar surface area (TPSA) is 9.23 Å². The zero-order valence-electron chi connectivity index (χ0n) is 6.90. The van der Waals surface area contributed by atoms with Crippen LogP contribution in [0, 0.1) is 0 Å². The molecule has 0 aliphatic heterocycles. The standard InChI is InChI=1S/C9H14O/c1-7-5-4-6-9(10-3)8(7)2/h5H,4,6H2,1-3H3. The van der Waals surface area contributed by atoms with Gasteiger partial charge >= 0.3 is 0 Å². The molecule has 0 heterocycles. The monoisotopic (exact) mass is 138 g/mol. The minimum atomic E-state index is 1.07. The smallest absolute Gasteiger partial charge is 0.0990 e. The minimum absolute atomic E-state index is 1.07. The molecule has 0 spiro atoms. The van der Waals surface area contributed by atoms with E-state index >= 15 is 0 Å².